The number of ether oxygens (including phenoxy) is 2. The molecule has 0 N–H and O–H groups in total. The number of esters is 2. The van der Waals surface area contributed by atoms with Gasteiger partial charge in [-0.2, -0.15) is 0 Å². The average Bonchev–Trinajstić information content (AvgIpc) is 2.34. The zero-order chi connectivity index (χ0) is 9.84. The molecule has 1 rings (SSSR count). The van der Waals surface area contributed by atoms with Gasteiger partial charge in [-0.25, -0.2) is 4.79 Å². The van der Waals surface area contributed by atoms with E-state index in [9.17, 15) is 9.59 Å². The Bertz CT molecular complexity index is 210. The maximum Gasteiger partial charge on any atom is 0.347 e. The average molecular weight is 186 g/mol. The van der Waals surface area contributed by atoms with Gasteiger partial charge in [0, 0.05) is 12.8 Å². The van der Waals surface area contributed by atoms with Gasteiger partial charge in [0.05, 0.1) is 6.61 Å². The molecular formula is C9H14O4. The number of carbonyl (C=O) groups excluding carboxylic acids is 2. The van der Waals surface area contributed by atoms with Crippen molar-refractivity contribution in [1.29, 1.82) is 0 Å². The zero-order valence-electron chi connectivity index (χ0n) is 7.91. The van der Waals surface area contributed by atoms with Gasteiger partial charge in [0.15, 0.2) is 0 Å². The summed E-state index contributed by atoms with van der Waals surface area (Å²) in [6, 6.07) is 0. The molecule has 0 bridgehead atoms. The molecule has 1 unspecified atom stereocenters. The second kappa shape index (κ2) is 4.25. The first kappa shape index (κ1) is 10.0. The summed E-state index contributed by atoms with van der Waals surface area (Å²) in [4.78, 5) is 22.0. The molecule has 1 saturated heterocycles. The van der Waals surface area contributed by atoms with E-state index in [0.717, 1.165) is 0 Å². The molecule has 13 heavy (non-hydrogen) atoms. The molecule has 0 amide bonds. The molecule has 1 aliphatic heterocycles. The summed E-state index contributed by atoms with van der Waals surface area (Å²) < 4.78 is 9.58. The summed E-state index contributed by atoms with van der Waals surface area (Å²) in [5.74, 6) is -0.485. The van der Waals surface area contributed by atoms with Crippen molar-refractivity contribution in [2.75, 3.05) is 6.61 Å². The predicted octanol–water partition coefficient (Wildman–Crippen LogP) is 0.891. The summed E-state index contributed by atoms with van der Waals surface area (Å²) >= 11 is 0. The van der Waals surface area contributed by atoms with Crippen LogP contribution in [0.15, 0.2) is 0 Å². The van der Waals surface area contributed by atoms with Gasteiger partial charge in [0.1, 0.15) is 0 Å². The lowest BCUT2D eigenvalue weighted by molar-refractivity contribution is -0.160. The first-order valence-electron chi connectivity index (χ1n) is 4.45. The third-order valence-electron chi connectivity index (χ3n) is 1.74. The van der Waals surface area contributed by atoms with Gasteiger partial charge in [0.25, 0.3) is 0 Å². The van der Waals surface area contributed by atoms with Crippen molar-refractivity contribution in [1.82, 2.24) is 0 Å². The highest BCUT2D eigenvalue weighted by Crippen LogP contribution is 2.12. The van der Waals surface area contributed by atoms with Crippen molar-refractivity contribution in [3.05, 3.63) is 0 Å². The fraction of sp³-hybridized carbons (Fsp3) is 0.778. The molecule has 4 nitrogen and oxygen atoms in total. The Morgan fingerprint density at radius 1 is 1.69 bits per heavy atom. The van der Waals surface area contributed by atoms with E-state index in [2.05, 4.69) is 4.74 Å². The molecule has 1 aliphatic rings. The van der Waals surface area contributed by atoms with Crippen molar-refractivity contribution in [3.8, 4) is 0 Å². The molecule has 74 valence electrons. The summed E-state index contributed by atoms with van der Waals surface area (Å²) in [6.45, 7) is 4.21. The van der Waals surface area contributed by atoms with Gasteiger partial charge in [-0.05, 0) is 5.92 Å². The lowest BCUT2D eigenvalue weighted by atomic mass is 10.1. The zero-order valence-corrected chi connectivity index (χ0v) is 7.91. The molecule has 0 aliphatic carbocycles. The van der Waals surface area contributed by atoms with Crippen LogP contribution in [0.4, 0.5) is 0 Å². The van der Waals surface area contributed by atoms with E-state index in [1.807, 2.05) is 13.8 Å². The molecule has 0 aromatic rings. The van der Waals surface area contributed by atoms with Gasteiger partial charge >= 0.3 is 11.9 Å². The third kappa shape index (κ3) is 3.05. The Hall–Kier alpha value is -1.06. The molecule has 0 aromatic carbocycles. The minimum atomic E-state index is -0.661. The highest BCUT2D eigenvalue weighted by atomic mass is 16.6. The second-order valence-corrected chi connectivity index (χ2v) is 3.53. The fourth-order valence-electron chi connectivity index (χ4n) is 1.12. The van der Waals surface area contributed by atoms with Gasteiger partial charge in [-0.1, -0.05) is 13.8 Å². The van der Waals surface area contributed by atoms with Crippen LogP contribution in [0.1, 0.15) is 26.7 Å². The smallest absolute Gasteiger partial charge is 0.347 e. The van der Waals surface area contributed by atoms with Crippen molar-refractivity contribution >= 4 is 11.9 Å². The van der Waals surface area contributed by atoms with E-state index in [-0.39, 0.29) is 11.9 Å². The van der Waals surface area contributed by atoms with Gasteiger partial charge in [-0.3, -0.25) is 4.79 Å². The van der Waals surface area contributed by atoms with E-state index in [1.165, 1.54) is 0 Å². The highest BCUT2D eigenvalue weighted by Gasteiger charge is 2.30. The Labute approximate surface area is 77.2 Å². The number of rotatable bonds is 3. The quantitative estimate of drug-likeness (QED) is 0.614. The molecule has 0 radical (unpaired) electrons. The third-order valence-corrected chi connectivity index (χ3v) is 1.74. The van der Waals surface area contributed by atoms with Crippen molar-refractivity contribution < 1.29 is 19.1 Å². The van der Waals surface area contributed by atoms with E-state index in [4.69, 9.17) is 4.74 Å². The van der Waals surface area contributed by atoms with Crippen LogP contribution in [0.3, 0.4) is 0 Å². The van der Waals surface area contributed by atoms with E-state index >= 15 is 0 Å². The minimum absolute atomic E-state index is 0.255. The van der Waals surface area contributed by atoms with Crippen LogP contribution in [0.25, 0.3) is 0 Å². The maximum absolute atomic E-state index is 11.1. The first-order chi connectivity index (χ1) is 6.09. The molecule has 0 aromatic heterocycles. The number of hydrogen-bond donors (Lipinski definition) is 0. The number of cyclic esters (lactones) is 1. The molecule has 4 heteroatoms. The normalized spacial score (nSPS) is 21.8. The molecular weight excluding hydrogens is 172 g/mol. The summed E-state index contributed by atoms with van der Waals surface area (Å²) in [5.41, 5.74) is 0. The first-order valence-corrected chi connectivity index (χ1v) is 4.45. The van der Waals surface area contributed by atoms with Crippen LogP contribution in [-0.4, -0.2) is 24.6 Å². The van der Waals surface area contributed by atoms with Crippen LogP contribution >= 0.6 is 0 Å². The van der Waals surface area contributed by atoms with Gasteiger partial charge < -0.3 is 9.47 Å². The predicted molar refractivity (Wildman–Crippen MR) is 44.9 cm³/mol. The van der Waals surface area contributed by atoms with Gasteiger partial charge in [-0.15, -0.1) is 0 Å². The maximum atomic E-state index is 11.1. The topological polar surface area (TPSA) is 52.6 Å². The van der Waals surface area contributed by atoms with Crippen LogP contribution in [0.2, 0.25) is 0 Å². The Morgan fingerprint density at radius 3 is 2.85 bits per heavy atom. The Kier molecular flexibility index (Phi) is 3.28. The second-order valence-electron chi connectivity index (χ2n) is 3.53. The van der Waals surface area contributed by atoms with E-state index in [0.29, 0.717) is 19.4 Å². The minimum Gasteiger partial charge on any atom is -0.463 e. The van der Waals surface area contributed by atoms with Crippen LogP contribution < -0.4 is 0 Å². The Balaban J connectivity index is 2.31. The number of carbonyl (C=O) groups is 2. The summed E-state index contributed by atoms with van der Waals surface area (Å²) in [6.07, 6.45) is 0.179. The molecule has 1 atom stereocenters. The largest absolute Gasteiger partial charge is 0.463 e. The molecule has 0 saturated carbocycles. The lowest BCUT2D eigenvalue weighted by Crippen LogP contribution is -2.23. The van der Waals surface area contributed by atoms with Crippen LogP contribution in [-0.2, 0) is 19.1 Å². The monoisotopic (exact) mass is 186 g/mol. The van der Waals surface area contributed by atoms with Crippen LogP contribution in [0, 0.1) is 5.92 Å². The van der Waals surface area contributed by atoms with Crippen LogP contribution in [0.5, 0.6) is 0 Å². The van der Waals surface area contributed by atoms with Crippen molar-refractivity contribution in [2.45, 2.75) is 32.8 Å². The number of hydrogen-bond acceptors (Lipinski definition) is 4. The molecule has 1 heterocycles. The highest BCUT2D eigenvalue weighted by molar-refractivity contribution is 5.80. The fourth-order valence-corrected chi connectivity index (χ4v) is 1.12. The lowest BCUT2D eigenvalue weighted by Gasteiger charge is -2.09. The van der Waals surface area contributed by atoms with Crippen molar-refractivity contribution in [2.24, 2.45) is 5.92 Å². The Morgan fingerprint density at radius 2 is 2.38 bits per heavy atom. The van der Waals surface area contributed by atoms with Crippen molar-refractivity contribution in [3.63, 3.8) is 0 Å². The standard InChI is InChI=1S/C9H14O4/c1-6(2)5-8(10)13-7-3-4-12-9(7)11/h6-7H,3-5H2,1-2H3. The summed E-state index contributed by atoms with van der Waals surface area (Å²) in [7, 11) is 0. The summed E-state index contributed by atoms with van der Waals surface area (Å²) in [5, 5.41) is 0. The SMILES string of the molecule is CC(C)CC(=O)OC1CCOC1=O. The van der Waals surface area contributed by atoms with E-state index in [1.54, 1.807) is 0 Å². The molecule has 0 spiro atoms. The van der Waals surface area contributed by atoms with Gasteiger partial charge in [0.2, 0.25) is 6.10 Å². The van der Waals surface area contributed by atoms with E-state index < -0.39 is 12.1 Å². The molecule has 1 fully saturated rings.